The molecule has 1 aromatic carbocycles. The molecule has 0 amide bonds. The van der Waals surface area contributed by atoms with Crippen LogP contribution in [0.15, 0.2) is 30.3 Å². The van der Waals surface area contributed by atoms with Crippen molar-refractivity contribution < 1.29 is 74.3 Å². The van der Waals surface area contributed by atoms with Crippen molar-refractivity contribution in [1.29, 1.82) is 0 Å². The van der Waals surface area contributed by atoms with Crippen LogP contribution in [-0.4, -0.2) is 84.0 Å². The summed E-state index contributed by atoms with van der Waals surface area (Å²) in [6.07, 6.45) is 0. The SMILES string of the molecule is CCN(CC)CCN(CCN(CC(=O)[O-])CC(=O)[O-])Cc1ccc2cccc([O-])c2n1.[Eu+3]. The number of hydrogen-bond donors (Lipinski definition) is 0. The first kappa shape index (κ1) is 28.9. The summed E-state index contributed by atoms with van der Waals surface area (Å²) in [5, 5.41) is 34.8. The Balaban J connectivity index is 0.00000512. The number of carboxylic acids is 2. The maximum Gasteiger partial charge on any atom is 3.00 e. The molecule has 0 atom stereocenters. The fraction of sp³-hybridized carbons (Fsp3) is 0.500. The van der Waals surface area contributed by atoms with Gasteiger partial charge in [-0.3, -0.25) is 14.8 Å². The van der Waals surface area contributed by atoms with Crippen molar-refractivity contribution >= 4 is 22.8 Å². The smallest absolute Gasteiger partial charge is 0.871 e. The van der Waals surface area contributed by atoms with Gasteiger partial charge in [0.2, 0.25) is 0 Å². The number of benzene rings is 1. The van der Waals surface area contributed by atoms with Crippen LogP contribution in [0.25, 0.3) is 10.9 Å². The van der Waals surface area contributed by atoms with Gasteiger partial charge >= 0.3 is 49.4 Å². The van der Waals surface area contributed by atoms with E-state index in [4.69, 9.17) is 0 Å². The molecule has 0 fully saturated rings. The minimum Gasteiger partial charge on any atom is -0.871 e. The fourth-order valence-electron chi connectivity index (χ4n) is 3.43. The van der Waals surface area contributed by atoms with E-state index in [1.165, 1.54) is 11.0 Å². The van der Waals surface area contributed by atoms with E-state index in [1.807, 2.05) is 18.2 Å². The van der Waals surface area contributed by atoms with Gasteiger partial charge in [-0.25, -0.2) is 0 Å². The van der Waals surface area contributed by atoms with Gasteiger partial charge in [0.15, 0.2) is 0 Å². The first-order valence-corrected chi connectivity index (χ1v) is 10.4. The van der Waals surface area contributed by atoms with Gasteiger partial charge in [0, 0.05) is 45.8 Å². The van der Waals surface area contributed by atoms with Crippen molar-refractivity contribution in [1.82, 2.24) is 19.7 Å². The van der Waals surface area contributed by atoms with E-state index in [2.05, 4.69) is 28.6 Å². The number of aliphatic carboxylic acids is 2. The molecule has 0 unspecified atom stereocenters. The Bertz CT molecular complexity index is 863. The number of fused-ring (bicyclic) bond motifs is 1. The normalized spacial score (nSPS) is 11.3. The molecule has 1 aromatic heterocycles. The van der Waals surface area contributed by atoms with E-state index in [1.54, 1.807) is 6.07 Å². The first-order valence-electron chi connectivity index (χ1n) is 10.4. The molecule has 1 heterocycles. The number of hydrogen-bond acceptors (Lipinski definition) is 9. The molecule has 0 aliphatic heterocycles. The average molecular weight is 581 g/mol. The third-order valence-electron chi connectivity index (χ3n) is 5.19. The van der Waals surface area contributed by atoms with Crippen LogP contribution >= 0.6 is 0 Å². The van der Waals surface area contributed by atoms with Crippen LogP contribution < -0.4 is 15.3 Å². The molecule has 2 aromatic rings. The van der Waals surface area contributed by atoms with Crippen LogP contribution in [0.5, 0.6) is 5.75 Å². The van der Waals surface area contributed by atoms with Gasteiger partial charge in [0.05, 0.1) is 23.1 Å². The van der Waals surface area contributed by atoms with Gasteiger partial charge in [-0.2, -0.15) is 0 Å². The molecule has 0 aliphatic rings. The molecule has 0 spiro atoms. The number of para-hydroxylation sites is 1. The summed E-state index contributed by atoms with van der Waals surface area (Å²) in [4.78, 5) is 32.0. The molecule has 0 saturated carbocycles. The van der Waals surface area contributed by atoms with Gasteiger partial charge in [-0.05, 0) is 24.5 Å². The van der Waals surface area contributed by atoms with Crippen LogP contribution in [0.2, 0.25) is 0 Å². The second kappa shape index (κ2) is 14.9. The predicted octanol–water partition coefficient (Wildman–Crippen LogP) is -1.75. The zero-order valence-electron chi connectivity index (χ0n) is 18.5. The monoisotopic (exact) mass is 582 g/mol. The zero-order chi connectivity index (χ0) is 22.8. The minimum atomic E-state index is -1.34. The average Bonchev–Trinajstić information content (AvgIpc) is 2.72. The Morgan fingerprint density at radius 1 is 0.844 bits per heavy atom. The van der Waals surface area contributed by atoms with Crippen LogP contribution in [0.4, 0.5) is 0 Å². The zero-order valence-corrected chi connectivity index (χ0v) is 20.9. The van der Waals surface area contributed by atoms with Gasteiger partial charge < -0.3 is 29.8 Å². The molecule has 174 valence electrons. The van der Waals surface area contributed by atoms with Gasteiger partial charge in [0.1, 0.15) is 0 Å². The molecule has 0 radical (unpaired) electrons. The molecule has 0 saturated heterocycles. The third kappa shape index (κ3) is 9.76. The molecular formula is C22H29EuN4O5. The van der Waals surface area contributed by atoms with Crippen LogP contribution in [0.3, 0.4) is 0 Å². The number of nitrogens with zero attached hydrogens (tertiary/aromatic N) is 4. The van der Waals surface area contributed by atoms with E-state index in [-0.39, 0.29) is 61.7 Å². The molecule has 0 N–H and O–H groups in total. The van der Waals surface area contributed by atoms with Crippen molar-refractivity contribution in [3.63, 3.8) is 0 Å². The number of carbonyl (C=O) groups excluding carboxylic acids is 2. The van der Waals surface area contributed by atoms with Crippen molar-refractivity contribution in [3.05, 3.63) is 36.0 Å². The van der Waals surface area contributed by atoms with E-state index >= 15 is 0 Å². The van der Waals surface area contributed by atoms with Crippen molar-refractivity contribution in [2.24, 2.45) is 0 Å². The van der Waals surface area contributed by atoms with Crippen LogP contribution in [0.1, 0.15) is 19.5 Å². The van der Waals surface area contributed by atoms with E-state index in [9.17, 15) is 24.9 Å². The summed E-state index contributed by atoms with van der Waals surface area (Å²) in [5.41, 5.74) is 1.14. The summed E-state index contributed by atoms with van der Waals surface area (Å²) in [6, 6.07) is 8.75. The Hall–Kier alpha value is -1.17. The molecule has 0 aliphatic carbocycles. The third-order valence-corrected chi connectivity index (χ3v) is 5.19. The number of aromatic nitrogens is 1. The fourth-order valence-corrected chi connectivity index (χ4v) is 3.43. The van der Waals surface area contributed by atoms with Gasteiger partial charge in [-0.15, -0.1) is 0 Å². The summed E-state index contributed by atoms with van der Waals surface area (Å²) >= 11 is 0. The standard InChI is InChI=1S/C22H32N4O5.Eu/c1-3-24(4-2)10-11-25(12-13-26(15-20(28)29)16-21(30)31)14-18-9-8-17-6-5-7-19(27)22(17)23-18;/h5-9,27H,3-4,10-16H2,1-2H3,(H,28,29)(H,30,31);/q;+3/p-3. The Kier molecular flexibility index (Phi) is 13.4. The summed E-state index contributed by atoms with van der Waals surface area (Å²) in [6.45, 7) is 7.60. The molecular weight excluding hydrogens is 552 g/mol. The molecule has 2 rings (SSSR count). The number of rotatable bonds is 14. The Labute approximate surface area is 229 Å². The molecule has 0 bridgehead atoms. The number of pyridine rings is 1. The van der Waals surface area contributed by atoms with E-state index in [0.29, 0.717) is 25.2 Å². The van der Waals surface area contributed by atoms with Crippen molar-refractivity contribution in [3.8, 4) is 5.75 Å². The summed E-state index contributed by atoms with van der Waals surface area (Å²) in [5.74, 6) is -2.81. The van der Waals surface area contributed by atoms with Gasteiger partial charge in [0.25, 0.3) is 0 Å². The van der Waals surface area contributed by atoms with Gasteiger partial charge in [-0.1, -0.05) is 43.9 Å². The maximum atomic E-state index is 12.1. The predicted molar refractivity (Wildman–Crippen MR) is 111 cm³/mol. The number of carbonyl (C=O) groups is 2. The minimum absolute atomic E-state index is 0. The molecule has 9 nitrogen and oxygen atoms in total. The maximum absolute atomic E-state index is 12.1. The topological polar surface area (TPSA) is 126 Å². The molecule has 32 heavy (non-hydrogen) atoms. The summed E-state index contributed by atoms with van der Waals surface area (Å²) in [7, 11) is 0. The molecule has 10 heteroatoms. The number of carboxylic acid groups (broad SMARTS) is 2. The Morgan fingerprint density at radius 2 is 1.41 bits per heavy atom. The second-order valence-electron chi connectivity index (χ2n) is 7.39. The largest absolute Gasteiger partial charge is 3.00 e. The van der Waals surface area contributed by atoms with Crippen LogP contribution in [0, 0.1) is 49.4 Å². The van der Waals surface area contributed by atoms with Crippen LogP contribution in [-0.2, 0) is 16.1 Å². The van der Waals surface area contributed by atoms with E-state index in [0.717, 1.165) is 30.7 Å². The quantitative estimate of drug-likeness (QED) is 0.256. The second-order valence-corrected chi connectivity index (χ2v) is 7.39. The Morgan fingerprint density at radius 3 is 1.97 bits per heavy atom. The number of likely N-dealkylation sites (N-methyl/N-ethyl adjacent to an activating group) is 1. The van der Waals surface area contributed by atoms with Crippen molar-refractivity contribution in [2.45, 2.75) is 20.4 Å². The first-order chi connectivity index (χ1) is 14.8. The van der Waals surface area contributed by atoms with E-state index < -0.39 is 25.0 Å². The summed E-state index contributed by atoms with van der Waals surface area (Å²) < 4.78 is 0. The van der Waals surface area contributed by atoms with Crippen molar-refractivity contribution in [2.75, 3.05) is 52.4 Å².